The first-order valence-electron chi connectivity index (χ1n) is 10.1. The van der Waals surface area contributed by atoms with Gasteiger partial charge in [0, 0.05) is 22.9 Å². The highest BCUT2D eigenvalue weighted by molar-refractivity contribution is 5.82. The number of methoxy groups -OCH3 is 3. The molecule has 4 rings (SSSR count). The summed E-state index contributed by atoms with van der Waals surface area (Å²) in [5.41, 5.74) is 2.01. The predicted molar refractivity (Wildman–Crippen MR) is 121 cm³/mol. The number of phenolic OH excluding ortho intramolecular Hbond substituents is 1. The fraction of sp³-hybridized carbons (Fsp3) is 0.160. The van der Waals surface area contributed by atoms with Gasteiger partial charge in [-0.3, -0.25) is 4.57 Å². The molecule has 0 atom stereocenters. The van der Waals surface area contributed by atoms with Crippen LogP contribution >= 0.6 is 0 Å². The number of imidazole rings is 1. The molecule has 0 bridgehead atoms. The monoisotopic (exact) mass is 470 g/mol. The van der Waals surface area contributed by atoms with E-state index in [1.54, 1.807) is 34.9 Å². The van der Waals surface area contributed by atoms with Gasteiger partial charge in [0.25, 0.3) is 0 Å². The molecule has 0 aliphatic rings. The van der Waals surface area contributed by atoms with Gasteiger partial charge in [-0.2, -0.15) is 13.2 Å². The minimum atomic E-state index is -4.44. The van der Waals surface area contributed by atoms with Crippen molar-refractivity contribution in [2.45, 2.75) is 6.18 Å². The Labute approximate surface area is 193 Å². The van der Waals surface area contributed by atoms with Crippen LogP contribution in [0.4, 0.5) is 13.2 Å². The van der Waals surface area contributed by atoms with Gasteiger partial charge < -0.3 is 19.3 Å². The normalized spacial score (nSPS) is 11.4. The highest BCUT2D eigenvalue weighted by atomic mass is 19.4. The summed E-state index contributed by atoms with van der Waals surface area (Å²) in [4.78, 5) is 4.55. The van der Waals surface area contributed by atoms with E-state index in [2.05, 4.69) is 4.98 Å². The molecule has 0 amide bonds. The fourth-order valence-corrected chi connectivity index (χ4v) is 3.62. The van der Waals surface area contributed by atoms with Crippen molar-refractivity contribution in [3.05, 3.63) is 72.6 Å². The summed E-state index contributed by atoms with van der Waals surface area (Å²) in [6.07, 6.45) is -2.93. The lowest BCUT2D eigenvalue weighted by Crippen LogP contribution is -2.05. The van der Waals surface area contributed by atoms with E-state index in [1.165, 1.54) is 45.9 Å². The third-order valence-corrected chi connectivity index (χ3v) is 5.32. The zero-order chi connectivity index (χ0) is 24.5. The van der Waals surface area contributed by atoms with Crippen LogP contribution in [0.2, 0.25) is 0 Å². The molecule has 0 aliphatic carbocycles. The second kappa shape index (κ2) is 9.01. The highest BCUT2D eigenvalue weighted by Gasteiger charge is 2.30. The molecule has 1 heterocycles. The lowest BCUT2D eigenvalue weighted by atomic mass is 10.0. The number of benzene rings is 3. The summed E-state index contributed by atoms with van der Waals surface area (Å²) >= 11 is 0. The molecule has 0 saturated heterocycles. The van der Waals surface area contributed by atoms with Crippen molar-refractivity contribution in [1.29, 1.82) is 0 Å². The standard InChI is InChI=1S/C25H21F3N2O4/c1-32-19-10-16(11-20(13-19)33-2)23-24(15-4-9-22(34-3)21(31)12-15)30(14-29-23)18-7-5-17(6-8-18)25(26,27)28/h4-14,31H,1-3H3. The largest absolute Gasteiger partial charge is 0.504 e. The maximum atomic E-state index is 13.1. The van der Waals surface area contributed by atoms with Crippen molar-refractivity contribution in [2.75, 3.05) is 21.3 Å². The molecule has 9 heteroatoms. The van der Waals surface area contributed by atoms with Crippen LogP contribution in [0.5, 0.6) is 23.0 Å². The third-order valence-electron chi connectivity index (χ3n) is 5.32. The van der Waals surface area contributed by atoms with Gasteiger partial charge in [0.1, 0.15) is 17.8 Å². The zero-order valence-electron chi connectivity index (χ0n) is 18.6. The maximum Gasteiger partial charge on any atom is 0.416 e. The lowest BCUT2D eigenvalue weighted by Gasteiger charge is -2.14. The SMILES string of the molecule is COc1cc(OC)cc(-c2ncn(-c3ccc(C(F)(F)F)cc3)c2-c2ccc(OC)c(O)c2)c1. The number of hydrogen-bond acceptors (Lipinski definition) is 5. The molecule has 6 nitrogen and oxygen atoms in total. The van der Waals surface area contributed by atoms with Crippen LogP contribution in [0, 0.1) is 0 Å². The Morgan fingerprint density at radius 1 is 0.794 bits per heavy atom. The quantitative estimate of drug-likeness (QED) is 0.377. The van der Waals surface area contributed by atoms with Crippen molar-refractivity contribution in [1.82, 2.24) is 9.55 Å². The van der Waals surface area contributed by atoms with Crippen LogP contribution < -0.4 is 14.2 Å². The van der Waals surface area contributed by atoms with Gasteiger partial charge >= 0.3 is 6.18 Å². The number of phenols is 1. The topological polar surface area (TPSA) is 65.7 Å². The first-order valence-corrected chi connectivity index (χ1v) is 10.1. The smallest absolute Gasteiger partial charge is 0.416 e. The summed E-state index contributed by atoms with van der Waals surface area (Å²) in [6, 6.07) is 14.9. The van der Waals surface area contributed by atoms with E-state index in [4.69, 9.17) is 14.2 Å². The van der Waals surface area contributed by atoms with Crippen LogP contribution in [0.15, 0.2) is 67.0 Å². The summed E-state index contributed by atoms with van der Waals surface area (Å²) < 4.78 is 56.7. The average molecular weight is 470 g/mol. The molecule has 0 saturated carbocycles. The van der Waals surface area contributed by atoms with Crippen molar-refractivity contribution >= 4 is 0 Å². The van der Waals surface area contributed by atoms with Crippen molar-refractivity contribution < 1.29 is 32.5 Å². The van der Waals surface area contributed by atoms with Crippen LogP contribution in [-0.2, 0) is 6.18 Å². The molecule has 0 aliphatic heterocycles. The Morgan fingerprint density at radius 2 is 1.44 bits per heavy atom. The molecule has 176 valence electrons. The van der Waals surface area contributed by atoms with Gasteiger partial charge in [-0.25, -0.2) is 4.98 Å². The van der Waals surface area contributed by atoms with E-state index in [0.29, 0.717) is 39.7 Å². The Hall–Kier alpha value is -4.14. The Morgan fingerprint density at radius 3 is 1.97 bits per heavy atom. The van der Waals surface area contributed by atoms with E-state index in [-0.39, 0.29) is 11.5 Å². The number of ether oxygens (including phenoxy) is 3. The lowest BCUT2D eigenvalue weighted by molar-refractivity contribution is -0.137. The van der Waals surface area contributed by atoms with E-state index in [9.17, 15) is 18.3 Å². The number of rotatable bonds is 6. The molecule has 34 heavy (non-hydrogen) atoms. The van der Waals surface area contributed by atoms with E-state index >= 15 is 0 Å². The molecule has 1 N–H and O–H groups in total. The predicted octanol–water partition coefficient (Wildman–Crippen LogP) is 5.96. The van der Waals surface area contributed by atoms with Crippen LogP contribution in [-0.4, -0.2) is 36.0 Å². The van der Waals surface area contributed by atoms with Gasteiger partial charge in [0.2, 0.25) is 0 Å². The van der Waals surface area contributed by atoms with E-state index in [1.807, 2.05) is 0 Å². The zero-order valence-corrected chi connectivity index (χ0v) is 18.6. The number of halogens is 3. The molecule has 3 aromatic carbocycles. The van der Waals surface area contributed by atoms with Crippen LogP contribution in [0.25, 0.3) is 28.2 Å². The molecule has 0 unspecified atom stereocenters. The van der Waals surface area contributed by atoms with Crippen molar-refractivity contribution in [2.24, 2.45) is 0 Å². The van der Waals surface area contributed by atoms with Crippen molar-refractivity contribution in [3.63, 3.8) is 0 Å². The summed E-state index contributed by atoms with van der Waals surface area (Å²) in [6.45, 7) is 0. The highest BCUT2D eigenvalue weighted by Crippen LogP contribution is 2.40. The molecule has 0 radical (unpaired) electrons. The molecular formula is C25H21F3N2O4. The van der Waals surface area contributed by atoms with Crippen LogP contribution in [0.3, 0.4) is 0 Å². The number of hydrogen-bond donors (Lipinski definition) is 1. The molecule has 0 spiro atoms. The van der Waals surface area contributed by atoms with E-state index < -0.39 is 11.7 Å². The second-order valence-corrected chi connectivity index (χ2v) is 7.34. The van der Waals surface area contributed by atoms with Gasteiger partial charge in [-0.05, 0) is 54.6 Å². The minimum Gasteiger partial charge on any atom is -0.504 e. The summed E-state index contributed by atoms with van der Waals surface area (Å²) in [7, 11) is 4.50. The van der Waals surface area contributed by atoms with Gasteiger partial charge in [-0.1, -0.05) is 0 Å². The number of aromatic nitrogens is 2. The van der Waals surface area contributed by atoms with E-state index in [0.717, 1.165) is 12.1 Å². The average Bonchev–Trinajstić information content (AvgIpc) is 3.28. The summed E-state index contributed by atoms with van der Waals surface area (Å²) in [5, 5.41) is 10.4. The first kappa shape index (κ1) is 23.0. The van der Waals surface area contributed by atoms with Gasteiger partial charge in [-0.15, -0.1) is 0 Å². The third kappa shape index (κ3) is 4.36. The van der Waals surface area contributed by atoms with Crippen LogP contribution in [0.1, 0.15) is 5.56 Å². The minimum absolute atomic E-state index is 0.0886. The molecule has 1 aromatic heterocycles. The molecule has 0 fully saturated rings. The second-order valence-electron chi connectivity index (χ2n) is 7.34. The summed E-state index contributed by atoms with van der Waals surface area (Å²) in [5.74, 6) is 1.28. The van der Waals surface area contributed by atoms with Crippen molar-refractivity contribution in [3.8, 4) is 51.2 Å². The molecule has 4 aromatic rings. The molecular weight excluding hydrogens is 449 g/mol. The number of nitrogens with zero attached hydrogens (tertiary/aromatic N) is 2. The maximum absolute atomic E-state index is 13.1. The van der Waals surface area contributed by atoms with Gasteiger partial charge in [0.15, 0.2) is 11.5 Å². The first-order chi connectivity index (χ1) is 16.2. The number of alkyl halides is 3. The Bertz CT molecular complexity index is 1290. The number of aromatic hydroxyl groups is 1. The Kier molecular flexibility index (Phi) is 6.10. The fourth-order valence-electron chi connectivity index (χ4n) is 3.62. The Balaban J connectivity index is 1.94. The van der Waals surface area contributed by atoms with Gasteiger partial charge in [0.05, 0.1) is 38.3 Å².